The number of carbonyl (C=O) groups is 1. The van der Waals surface area contributed by atoms with E-state index in [0.29, 0.717) is 22.5 Å². The van der Waals surface area contributed by atoms with Crippen molar-refractivity contribution < 1.29 is 35.7 Å². The Hall–Kier alpha value is -1.33. The number of allylic oxidation sites excluding steroid dienone is 1. The van der Waals surface area contributed by atoms with Gasteiger partial charge < -0.3 is 30.9 Å². The molecule has 0 bridgehead atoms. The Morgan fingerprint density at radius 1 is 1.30 bits per heavy atom. The van der Waals surface area contributed by atoms with Crippen LogP contribution >= 0.6 is 0 Å². The molecule has 5 heteroatoms. The monoisotopic (exact) mass is 343 g/mol. The van der Waals surface area contributed by atoms with E-state index in [4.69, 9.17) is 9.47 Å². The maximum Gasteiger partial charge on any atom is 0.367 e. The number of nitrogens with zero attached hydrogens (tertiary/aromatic N) is 1. The van der Waals surface area contributed by atoms with Crippen LogP contribution in [-0.2, 0) is 11.2 Å². The lowest BCUT2D eigenvalue weighted by atomic mass is 10.1. The highest BCUT2D eigenvalue weighted by molar-refractivity contribution is 5.74. The Kier molecular flexibility index (Phi) is 7.53. The van der Waals surface area contributed by atoms with Gasteiger partial charge in [-0.25, -0.2) is 4.79 Å². The minimum absolute atomic E-state index is 0. The maximum atomic E-state index is 11.8. The second-order valence-corrected chi connectivity index (χ2v) is 5.40. The van der Waals surface area contributed by atoms with Crippen molar-refractivity contribution >= 4 is 5.97 Å². The van der Waals surface area contributed by atoms with Gasteiger partial charge in [0.1, 0.15) is 0 Å². The third-order valence-electron chi connectivity index (χ3n) is 2.44. The molecule has 1 aromatic carbocycles. The van der Waals surface area contributed by atoms with Crippen molar-refractivity contribution in [1.82, 2.24) is 0 Å². The molecule has 0 amide bonds. The number of hydrogen-bond acceptors (Lipinski definition) is 3. The molecule has 0 aliphatic heterocycles. The zero-order chi connectivity index (χ0) is 14.5. The van der Waals surface area contributed by atoms with Crippen molar-refractivity contribution in [3.63, 3.8) is 0 Å². The molecule has 0 aliphatic rings. The van der Waals surface area contributed by atoms with E-state index in [1.807, 2.05) is 39.4 Å². The molecule has 20 heavy (non-hydrogen) atoms. The van der Waals surface area contributed by atoms with Gasteiger partial charge in [0.2, 0.25) is 0 Å². The minimum atomic E-state index is -0.276. The summed E-state index contributed by atoms with van der Waals surface area (Å²) in [6.45, 7) is 4.00. The number of hydrogen-bond donors (Lipinski definition) is 0. The molecule has 1 rings (SSSR count). The van der Waals surface area contributed by atoms with Crippen molar-refractivity contribution in [3.8, 4) is 11.5 Å². The molecule has 0 saturated carbocycles. The number of rotatable bonds is 6. The molecule has 0 radical (unpaired) electrons. The number of ether oxygens (including phenoxy) is 2. The average Bonchev–Trinajstić information content (AvgIpc) is 2.29. The van der Waals surface area contributed by atoms with Crippen LogP contribution in [0.4, 0.5) is 0 Å². The molecule has 112 valence electrons. The Morgan fingerprint density at radius 2 is 1.95 bits per heavy atom. The molecule has 1 aromatic rings. The number of carbonyl (C=O) groups excluding carboxylic acids is 1. The summed E-state index contributed by atoms with van der Waals surface area (Å²) in [5.41, 5.74) is 1.07. The number of benzene rings is 1. The number of esters is 1. The summed E-state index contributed by atoms with van der Waals surface area (Å²) in [5.74, 6) is 0.741. The standard InChI is InChI=1S/C15H22NO3.BrH/c1-6-7-12-8-9-13(14(10-12)18-5)19-15(17)11-16(2,3)4;/h6,8-10H,1,7,11H2,2-5H3;1H/q+1;/p-1. The largest absolute Gasteiger partial charge is 1.00 e. The highest BCUT2D eigenvalue weighted by Crippen LogP contribution is 2.28. The van der Waals surface area contributed by atoms with Crippen LogP contribution in [0, 0.1) is 0 Å². The molecule has 0 spiro atoms. The van der Waals surface area contributed by atoms with Crippen molar-refractivity contribution in [2.24, 2.45) is 0 Å². The van der Waals surface area contributed by atoms with Crippen LogP contribution in [0.5, 0.6) is 11.5 Å². The number of methoxy groups -OCH3 is 1. The Balaban J connectivity index is 0.00000361. The first kappa shape index (κ1) is 18.7. The smallest absolute Gasteiger partial charge is 0.367 e. The minimum Gasteiger partial charge on any atom is -1.00 e. The Morgan fingerprint density at radius 3 is 2.45 bits per heavy atom. The molecule has 4 nitrogen and oxygen atoms in total. The summed E-state index contributed by atoms with van der Waals surface area (Å²) in [4.78, 5) is 11.8. The van der Waals surface area contributed by atoms with E-state index in [1.54, 1.807) is 13.2 Å². The van der Waals surface area contributed by atoms with E-state index in [1.165, 1.54) is 0 Å². The summed E-state index contributed by atoms with van der Waals surface area (Å²) in [6.07, 6.45) is 2.57. The van der Waals surface area contributed by atoms with Gasteiger partial charge in [0.15, 0.2) is 18.0 Å². The molecular formula is C15H22BrNO3. The van der Waals surface area contributed by atoms with Crippen LogP contribution in [0.25, 0.3) is 0 Å². The van der Waals surface area contributed by atoms with E-state index in [0.717, 1.165) is 12.0 Å². The molecule has 0 fully saturated rings. The summed E-state index contributed by atoms with van der Waals surface area (Å²) >= 11 is 0. The van der Waals surface area contributed by atoms with Crippen LogP contribution in [0.1, 0.15) is 5.56 Å². The Labute approximate surface area is 131 Å². The van der Waals surface area contributed by atoms with Crippen molar-refractivity contribution in [1.29, 1.82) is 0 Å². The highest BCUT2D eigenvalue weighted by Gasteiger charge is 2.18. The van der Waals surface area contributed by atoms with Gasteiger partial charge in [0.25, 0.3) is 0 Å². The second kappa shape index (κ2) is 8.07. The summed E-state index contributed by atoms with van der Waals surface area (Å²) < 4.78 is 11.1. The van der Waals surface area contributed by atoms with E-state index >= 15 is 0 Å². The van der Waals surface area contributed by atoms with Crippen LogP contribution in [0.2, 0.25) is 0 Å². The van der Waals surface area contributed by atoms with Gasteiger partial charge >= 0.3 is 5.97 Å². The lowest BCUT2D eigenvalue weighted by Crippen LogP contribution is -3.00. The quantitative estimate of drug-likeness (QED) is 0.289. The predicted octanol–water partition coefficient (Wildman–Crippen LogP) is -0.961. The lowest BCUT2D eigenvalue weighted by molar-refractivity contribution is -0.862. The van der Waals surface area contributed by atoms with E-state index in [9.17, 15) is 4.79 Å². The summed E-state index contributed by atoms with van der Waals surface area (Å²) in [7, 11) is 7.37. The zero-order valence-electron chi connectivity index (χ0n) is 12.5. The first-order valence-corrected chi connectivity index (χ1v) is 6.14. The normalized spacial score (nSPS) is 10.4. The molecule has 0 saturated heterocycles. The average molecular weight is 344 g/mol. The van der Waals surface area contributed by atoms with Crippen LogP contribution in [0.3, 0.4) is 0 Å². The van der Waals surface area contributed by atoms with Gasteiger partial charge in [0.05, 0.1) is 28.3 Å². The van der Waals surface area contributed by atoms with Crippen molar-refractivity contribution in [2.45, 2.75) is 6.42 Å². The van der Waals surface area contributed by atoms with E-state index in [2.05, 4.69) is 6.58 Å². The highest BCUT2D eigenvalue weighted by atomic mass is 79.9. The first-order valence-electron chi connectivity index (χ1n) is 6.14. The fourth-order valence-electron chi connectivity index (χ4n) is 1.63. The van der Waals surface area contributed by atoms with E-state index < -0.39 is 0 Å². The fraction of sp³-hybridized carbons (Fsp3) is 0.400. The van der Waals surface area contributed by atoms with Gasteiger partial charge in [-0.15, -0.1) is 6.58 Å². The second-order valence-electron chi connectivity index (χ2n) is 5.40. The van der Waals surface area contributed by atoms with Crippen molar-refractivity contribution in [2.75, 3.05) is 34.8 Å². The molecule has 0 atom stereocenters. The van der Waals surface area contributed by atoms with Crippen LogP contribution in [0.15, 0.2) is 30.9 Å². The molecule has 0 unspecified atom stereocenters. The third-order valence-corrected chi connectivity index (χ3v) is 2.44. The van der Waals surface area contributed by atoms with Crippen LogP contribution < -0.4 is 26.5 Å². The van der Waals surface area contributed by atoms with Crippen LogP contribution in [-0.4, -0.2) is 45.2 Å². The number of halogens is 1. The van der Waals surface area contributed by atoms with Crippen molar-refractivity contribution in [3.05, 3.63) is 36.4 Å². The van der Waals surface area contributed by atoms with Gasteiger partial charge in [-0.05, 0) is 24.1 Å². The van der Waals surface area contributed by atoms with Gasteiger partial charge in [0, 0.05) is 0 Å². The molecular weight excluding hydrogens is 322 g/mol. The number of quaternary nitrogens is 1. The van der Waals surface area contributed by atoms with Gasteiger partial charge in [-0.2, -0.15) is 0 Å². The summed E-state index contributed by atoms with van der Waals surface area (Å²) in [6, 6.07) is 5.51. The molecule has 0 N–H and O–H groups in total. The SMILES string of the molecule is C=CCc1ccc(OC(=O)C[N+](C)(C)C)c(OC)c1.[Br-]. The third kappa shape index (κ3) is 6.21. The molecule has 0 heterocycles. The zero-order valence-corrected chi connectivity index (χ0v) is 14.1. The predicted molar refractivity (Wildman–Crippen MR) is 75.4 cm³/mol. The molecule has 0 aliphatic carbocycles. The van der Waals surface area contributed by atoms with E-state index in [-0.39, 0.29) is 23.0 Å². The first-order chi connectivity index (χ1) is 8.85. The molecule has 0 aromatic heterocycles. The topological polar surface area (TPSA) is 35.5 Å². The number of likely N-dealkylation sites (N-methyl/N-ethyl adjacent to an activating group) is 1. The van der Waals surface area contributed by atoms with Gasteiger partial charge in [-0.1, -0.05) is 12.1 Å². The maximum absolute atomic E-state index is 11.8. The summed E-state index contributed by atoms with van der Waals surface area (Å²) in [5, 5.41) is 0. The Bertz CT molecular complexity index is 467. The fourth-order valence-corrected chi connectivity index (χ4v) is 1.63. The van der Waals surface area contributed by atoms with Gasteiger partial charge in [-0.3, -0.25) is 0 Å². The lowest BCUT2D eigenvalue weighted by Gasteiger charge is -2.22.